The first-order chi connectivity index (χ1) is 15.2. The lowest BCUT2D eigenvalue weighted by Crippen LogP contribution is -2.23. The molecule has 0 saturated carbocycles. The monoisotopic (exact) mass is 519 g/mol. The second-order valence-electron chi connectivity index (χ2n) is 6.91. The van der Waals surface area contributed by atoms with E-state index >= 15 is 0 Å². The Morgan fingerprint density at radius 2 is 1.97 bits per heavy atom. The highest BCUT2D eigenvalue weighted by atomic mass is 79.9. The molecular formula is C21H16BrF2N5O2S. The highest BCUT2D eigenvalue weighted by Crippen LogP contribution is 2.28. The van der Waals surface area contributed by atoms with E-state index < -0.39 is 26.6 Å². The number of fused-ring (bicyclic) bond motifs is 1. The first-order valence-corrected chi connectivity index (χ1v) is 11.5. The molecule has 4 rings (SSSR count). The minimum absolute atomic E-state index is 0.233. The molecule has 4 aromatic rings. The topological polar surface area (TPSA) is 79.9 Å². The van der Waals surface area contributed by atoms with Gasteiger partial charge in [0.2, 0.25) is 0 Å². The molecule has 0 N–H and O–H groups in total. The maximum atomic E-state index is 14.2. The molecule has 1 aromatic carbocycles. The van der Waals surface area contributed by atoms with Gasteiger partial charge in [0.05, 0.1) is 18.1 Å². The molecule has 0 aliphatic carbocycles. The third-order valence-electron chi connectivity index (χ3n) is 4.73. The van der Waals surface area contributed by atoms with Crippen molar-refractivity contribution < 1.29 is 17.2 Å². The highest BCUT2D eigenvalue weighted by Gasteiger charge is 2.27. The summed E-state index contributed by atoms with van der Waals surface area (Å²) in [6.07, 6.45) is 8.12. The summed E-state index contributed by atoms with van der Waals surface area (Å²) in [6.45, 7) is 1.91. The van der Waals surface area contributed by atoms with Crippen LogP contribution in [0.25, 0.3) is 16.8 Å². The minimum Gasteiger partial charge on any atom is -0.298 e. The van der Waals surface area contributed by atoms with Crippen molar-refractivity contribution in [3.63, 3.8) is 0 Å². The van der Waals surface area contributed by atoms with Gasteiger partial charge in [0.1, 0.15) is 22.2 Å². The van der Waals surface area contributed by atoms with E-state index in [1.807, 2.05) is 31.3 Å². The number of nitrogens with zero attached hydrogens (tertiary/aromatic N) is 5. The predicted octanol–water partition coefficient (Wildman–Crippen LogP) is 4.40. The zero-order valence-corrected chi connectivity index (χ0v) is 19.3. The SMILES string of the molecule is Cc1cc(-c2cccnc2)cn2c(/C=N/N(C)S(=O)(=O)c3c(F)cc(F)cc3Br)cnc12. The molecule has 0 saturated heterocycles. The molecule has 3 aromatic heterocycles. The van der Waals surface area contributed by atoms with Crippen molar-refractivity contribution in [3.05, 3.63) is 82.5 Å². The zero-order chi connectivity index (χ0) is 23.0. The van der Waals surface area contributed by atoms with Crippen LogP contribution in [0.1, 0.15) is 11.3 Å². The fourth-order valence-electron chi connectivity index (χ4n) is 3.17. The van der Waals surface area contributed by atoms with Crippen LogP contribution in [-0.2, 0) is 10.0 Å². The molecule has 0 spiro atoms. The predicted molar refractivity (Wildman–Crippen MR) is 120 cm³/mol. The van der Waals surface area contributed by atoms with Gasteiger partial charge in [-0.25, -0.2) is 13.8 Å². The molecule has 0 fully saturated rings. The van der Waals surface area contributed by atoms with E-state index in [0.29, 0.717) is 21.8 Å². The van der Waals surface area contributed by atoms with Gasteiger partial charge >= 0.3 is 0 Å². The summed E-state index contributed by atoms with van der Waals surface area (Å²) in [6, 6.07) is 7.11. The summed E-state index contributed by atoms with van der Waals surface area (Å²) in [5.74, 6) is -2.12. The molecule has 164 valence electrons. The molecule has 7 nitrogen and oxygen atoms in total. The number of halogens is 3. The number of benzene rings is 1. The van der Waals surface area contributed by atoms with Gasteiger partial charge in [-0.15, -0.1) is 0 Å². The molecule has 11 heteroatoms. The normalized spacial score (nSPS) is 12.0. The van der Waals surface area contributed by atoms with Crippen molar-refractivity contribution in [2.24, 2.45) is 5.10 Å². The third kappa shape index (κ3) is 4.00. The number of hydrogen-bond acceptors (Lipinski definition) is 5. The van der Waals surface area contributed by atoms with Crippen LogP contribution in [0, 0.1) is 18.6 Å². The van der Waals surface area contributed by atoms with E-state index in [1.165, 1.54) is 6.21 Å². The number of hydrazone groups is 1. The molecule has 0 aliphatic rings. The summed E-state index contributed by atoms with van der Waals surface area (Å²) in [5.41, 5.74) is 3.90. The minimum atomic E-state index is -4.37. The molecule has 3 heterocycles. The Morgan fingerprint density at radius 1 is 1.19 bits per heavy atom. The summed E-state index contributed by atoms with van der Waals surface area (Å²) in [4.78, 5) is 7.80. The second kappa shape index (κ2) is 8.40. The van der Waals surface area contributed by atoms with E-state index in [1.54, 1.807) is 23.0 Å². The number of rotatable bonds is 5. The molecule has 0 bridgehead atoms. The van der Waals surface area contributed by atoms with Crippen LogP contribution in [0.5, 0.6) is 0 Å². The number of aryl methyl sites for hydroxylation is 1. The maximum Gasteiger partial charge on any atom is 0.282 e. The van der Waals surface area contributed by atoms with Gasteiger partial charge in [-0.2, -0.15) is 17.9 Å². The van der Waals surface area contributed by atoms with Gasteiger partial charge in [0, 0.05) is 47.3 Å². The zero-order valence-electron chi connectivity index (χ0n) is 16.9. The molecule has 0 unspecified atom stereocenters. The summed E-state index contributed by atoms with van der Waals surface area (Å²) < 4.78 is 55.3. The molecule has 0 aliphatic heterocycles. The van der Waals surface area contributed by atoms with Gasteiger partial charge in [0.15, 0.2) is 0 Å². The average Bonchev–Trinajstić information content (AvgIpc) is 3.15. The second-order valence-corrected chi connectivity index (χ2v) is 9.65. The van der Waals surface area contributed by atoms with Crippen molar-refractivity contribution in [2.45, 2.75) is 11.8 Å². The van der Waals surface area contributed by atoms with Gasteiger partial charge < -0.3 is 0 Å². The largest absolute Gasteiger partial charge is 0.298 e. The van der Waals surface area contributed by atoms with Crippen molar-refractivity contribution in [2.75, 3.05) is 7.05 Å². The number of sulfonamides is 1. The average molecular weight is 520 g/mol. The van der Waals surface area contributed by atoms with Crippen LogP contribution in [0.2, 0.25) is 0 Å². The van der Waals surface area contributed by atoms with Crippen molar-refractivity contribution in [1.82, 2.24) is 18.8 Å². The molecule has 32 heavy (non-hydrogen) atoms. The van der Waals surface area contributed by atoms with Crippen LogP contribution in [0.3, 0.4) is 0 Å². The lowest BCUT2D eigenvalue weighted by molar-refractivity contribution is 0.478. The highest BCUT2D eigenvalue weighted by molar-refractivity contribution is 9.10. The van der Waals surface area contributed by atoms with Gasteiger partial charge in [-0.3, -0.25) is 9.38 Å². The maximum absolute atomic E-state index is 14.2. The van der Waals surface area contributed by atoms with Gasteiger partial charge in [-0.05, 0) is 46.6 Å². The lowest BCUT2D eigenvalue weighted by atomic mass is 10.1. The van der Waals surface area contributed by atoms with E-state index in [4.69, 9.17) is 0 Å². The smallest absolute Gasteiger partial charge is 0.282 e. The van der Waals surface area contributed by atoms with E-state index in [2.05, 4.69) is 31.0 Å². The Hall–Kier alpha value is -3.18. The fraction of sp³-hybridized carbons (Fsp3) is 0.0952. The van der Waals surface area contributed by atoms with Crippen LogP contribution in [0.4, 0.5) is 8.78 Å². The van der Waals surface area contributed by atoms with Gasteiger partial charge in [0.25, 0.3) is 10.0 Å². The van der Waals surface area contributed by atoms with E-state index in [9.17, 15) is 17.2 Å². The quantitative estimate of drug-likeness (QED) is 0.289. The number of hydrogen-bond donors (Lipinski definition) is 0. The van der Waals surface area contributed by atoms with E-state index in [-0.39, 0.29) is 4.47 Å². The van der Waals surface area contributed by atoms with Crippen LogP contribution in [0.15, 0.2) is 69.6 Å². The van der Waals surface area contributed by atoms with Crippen LogP contribution < -0.4 is 0 Å². The van der Waals surface area contributed by atoms with Gasteiger partial charge in [-0.1, -0.05) is 6.07 Å². The summed E-state index contributed by atoms with van der Waals surface area (Å²) >= 11 is 2.91. The third-order valence-corrected chi connectivity index (χ3v) is 7.34. The fourth-order valence-corrected chi connectivity index (χ4v) is 5.24. The number of aromatic nitrogens is 3. The Balaban J connectivity index is 1.72. The Bertz CT molecular complexity index is 1430. The lowest BCUT2D eigenvalue weighted by Gasteiger charge is -2.15. The van der Waals surface area contributed by atoms with Crippen LogP contribution >= 0.6 is 15.9 Å². The van der Waals surface area contributed by atoms with Crippen molar-refractivity contribution in [1.29, 1.82) is 0 Å². The standard InChI is InChI=1S/C21H16BrF2N5O2S/c1-13-6-15(14-4-3-5-25-9-14)12-29-17(10-26-21(13)29)11-27-28(2)32(30,31)20-18(22)7-16(23)8-19(20)24/h3-12H,1-2H3/b27-11+. The van der Waals surface area contributed by atoms with Crippen molar-refractivity contribution in [3.8, 4) is 11.1 Å². The van der Waals surface area contributed by atoms with Crippen LogP contribution in [-0.4, -0.2) is 40.5 Å². The number of pyridine rings is 2. The molecule has 0 radical (unpaired) electrons. The first kappa shape index (κ1) is 22.0. The molecule has 0 atom stereocenters. The Morgan fingerprint density at radius 3 is 2.66 bits per heavy atom. The molecule has 0 amide bonds. The first-order valence-electron chi connectivity index (χ1n) is 9.24. The van der Waals surface area contributed by atoms with E-state index in [0.717, 1.165) is 29.8 Å². The summed E-state index contributed by atoms with van der Waals surface area (Å²) in [5, 5.41) is 3.97. The Kier molecular flexibility index (Phi) is 5.78. The number of imidazole rings is 1. The molecular weight excluding hydrogens is 504 g/mol. The van der Waals surface area contributed by atoms with Crippen molar-refractivity contribution >= 4 is 37.8 Å². The summed E-state index contributed by atoms with van der Waals surface area (Å²) in [7, 11) is -3.21. The Labute approximate surface area is 191 Å².